The van der Waals surface area contributed by atoms with Gasteiger partial charge >= 0.3 is 0 Å². The molecule has 1 aliphatic rings. The Morgan fingerprint density at radius 1 is 1.21 bits per heavy atom. The molecule has 2 aromatic carbocycles. The molecule has 0 saturated carbocycles. The van der Waals surface area contributed by atoms with Crippen molar-refractivity contribution in [3.63, 3.8) is 0 Å². The lowest BCUT2D eigenvalue weighted by atomic mass is 9.95. The van der Waals surface area contributed by atoms with Crippen LogP contribution in [-0.2, 0) is 9.59 Å². The molecule has 0 fully saturated rings. The normalized spacial score (nSPS) is 13.6. The monoisotopic (exact) mass is 382 g/mol. The Bertz CT molecular complexity index is 886. The summed E-state index contributed by atoms with van der Waals surface area (Å²) in [7, 11) is 0. The first-order valence-corrected chi connectivity index (χ1v) is 9.32. The van der Waals surface area contributed by atoms with Gasteiger partial charge in [-0.05, 0) is 42.8 Å². The van der Waals surface area contributed by atoms with Gasteiger partial charge < -0.3 is 19.7 Å². The van der Waals surface area contributed by atoms with Crippen molar-refractivity contribution in [3.05, 3.63) is 48.0 Å². The molecule has 0 aromatic heterocycles. The fourth-order valence-electron chi connectivity index (χ4n) is 2.80. The summed E-state index contributed by atoms with van der Waals surface area (Å²) in [6.45, 7) is 8.28. The maximum absolute atomic E-state index is 12.4. The van der Waals surface area contributed by atoms with Gasteiger partial charge in [-0.3, -0.25) is 9.59 Å². The third kappa shape index (κ3) is 4.63. The Labute approximate surface area is 165 Å². The second-order valence-electron chi connectivity index (χ2n) is 7.89. The van der Waals surface area contributed by atoms with Crippen molar-refractivity contribution >= 4 is 23.2 Å². The molecule has 1 heterocycles. The predicted molar refractivity (Wildman–Crippen MR) is 109 cm³/mol. The highest BCUT2D eigenvalue weighted by molar-refractivity contribution is 6.00. The average Bonchev–Trinajstić information content (AvgIpc) is 2.63. The topological polar surface area (TPSA) is 67.9 Å². The van der Waals surface area contributed by atoms with Crippen LogP contribution >= 0.6 is 0 Å². The number of aryl methyl sites for hydroxylation is 1. The van der Waals surface area contributed by atoms with Crippen LogP contribution in [0.1, 0.15) is 26.3 Å². The van der Waals surface area contributed by atoms with Crippen molar-refractivity contribution in [2.45, 2.75) is 27.7 Å². The number of hydrogen-bond acceptors (Lipinski definition) is 4. The fraction of sp³-hybridized carbons (Fsp3) is 0.364. The third-order valence-electron chi connectivity index (χ3n) is 4.41. The van der Waals surface area contributed by atoms with Gasteiger partial charge in [0.2, 0.25) is 5.91 Å². The standard InChI is InChI=1S/C22H26N2O4/c1-15-6-5-7-17(12-15)27-11-10-24-18-13-16(23-21(26)22(2,3)4)8-9-19(18)28-14-20(24)25/h5-9,12-13H,10-11,14H2,1-4H3,(H,23,26). The first-order valence-electron chi connectivity index (χ1n) is 9.32. The highest BCUT2D eigenvalue weighted by Gasteiger charge is 2.27. The van der Waals surface area contributed by atoms with Crippen molar-refractivity contribution in [2.24, 2.45) is 5.41 Å². The number of benzene rings is 2. The molecule has 0 saturated heterocycles. The summed E-state index contributed by atoms with van der Waals surface area (Å²) in [5.74, 6) is 1.15. The quantitative estimate of drug-likeness (QED) is 0.854. The molecule has 0 spiro atoms. The number of hydrogen-bond donors (Lipinski definition) is 1. The van der Waals surface area contributed by atoms with Crippen molar-refractivity contribution < 1.29 is 19.1 Å². The molecule has 28 heavy (non-hydrogen) atoms. The summed E-state index contributed by atoms with van der Waals surface area (Å²) in [5.41, 5.74) is 1.87. The van der Waals surface area contributed by atoms with E-state index in [1.165, 1.54) is 0 Å². The van der Waals surface area contributed by atoms with Gasteiger partial charge in [0.05, 0.1) is 12.2 Å². The molecule has 1 aliphatic heterocycles. The first kappa shape index (κ1) is 19.7. The summed E-state index contributed by atoms with van der Waals surface area (Å²) >= 11 is 0. The number of nitrogens with zero attached hydrogens (tertiary/aromatic N) is 1. The molecular weight excluding hydrogens is 356 g/mol. The van der Waals surface area contributed by atoms with E-state index in [9.17, 15) is 9.59 Å². The van der Waals surface area contributed by atoms with E-state index in [2.05, 4.69) is 5.32 Å². The molecule has 3 rings (SSSR count). The molecular formula is C22H26N2O4. The minimum atomic E-state index is -0.510. The highest BCUT2D eigenvalue weighted by Crippen LogP contribution is 2.35. The number of amides is 2. The minimum absolute atomic E-state index is 0.00879. The fourth-order valence-corrected chi connectivity index (χ4v) is 2.80. The van der Waals surface area contributed by atoms with Crippen LogP contribution < -0.4 is 19.7 Å². The molecule has 148 valence electrons. The molecule has 0 atom stereocenters. The molecule has 6 nitrogen and oxygen atoms in total. The van der Waals surface area contributed by atoms with E-state index in [0.29, 0.717) is 30.3 Å². The van der Waals surface area contributed by atoms with Crippen LogP contribution in [0.15, 0.2) is 42.5 Å². The number of carbonyl (C=O) groups excluding carboxylic acids is 2. The molecule has 0 radical (unpaired) electrons. The third-order valence-corrected chi connectivity index (χ3v) is 4.41. The van der Waals surface area contributed by atoms with Crippen LogP contribution in [-0.4, -0.2) is 31.6 Å². The Kier molecular flexibility index (Phi) is 5.58. The van der Waals surface area contributed by atoms with Crippen LogP contribution in [0.4, 0.5) is 11.4 Å². The average molecular weight is 382 g/mol. The van der Waals surface area contributed by atoms with E-state index in [-0.39, 0.29) is 18.4 Å². The Balaban J connectivity index is 1.73. The Morgan fingerprint density at radius 2 is 2.00 bits per heavy atom. The zero-order valence-electron chi connectivity index (χ0n) is 16.7. The molecule has 0 aliphatic carbocycles. The van der Waals surface area contributed by atoms with E-state index in [4.69, 9.17) is 9.47 Å². The van der Waals surface area contributed by atoms with E-state index in [1.54, 1.807) is 23.1 Å². The summed E-state index contributed by atoms with van der Waals surface area (Å²) in [5, 5.41) is 2.89. The van der Waals surface area contributed by atoms with Gasteiger partial charge in [-0.1, -0.05) is 32.9 Å². The molecule has 6 heteroatoms. The van der Waals surface area contributed by atoms with Crippen molar-refractivity contribution in [1.82, 2.24) is 0 Å². The van der Waals surface area contributed by atoms with Gasteiger partial charge in [0.25, 0.3) is 5.91 Å². The molecule has 1 N–H and O–H groups in total. The largest absolute Gasteiger partial charge is 0.492 e. The van der Waals surface area contributed by atoms with Crippen molar-refractivity contribution in [2.75, 3.05) is 30.0 Å². The van der Waals surface area contributed by atoms with Gasteiger partial charge in [-0.15, -0.1) is 0 Å². The van der Waals surface area contributed by atoms with E-state index in [0.717, 1.165) is 11.3 Å². The smallest absolute Gasteiger partial charge is 0.265 e. The van der Waals surface area contributed by atoms with Gasteiger partial charge in [-0.2, -0.15) is 0 Å². The molecule has 2 aromatic rings. The van der Waals surface area contributed by atoms with E-state index < -0.39 is 5.41 Å². The SMILES string of the molecule is Cc1cccc(OCCN2C(=O)COc3ccc(NC(=O)C(C)(C)C)cc32)c1. The molecule has 0 unspecified atom stereocenters. The molecule has 2 amide bonds. The van der Waals surface area contributed by atoms with Crippen LogP contribution in [0.25, 0.3) is 0 Å². The number of carbonyl (C=O) groups is 2. The highest BCUT2D eigenvalue weighted by atomic mass is 16.5. The second-order valence-corrected chi connectivity index (χ2v) is 7.89. The summed E-state index contributed by atoms with van der Waals surface area (Å²) in [4.78, 5) is 26.3. The molecule has 0 bridgehead atoms. The van der Waals surface area contributed by atoms with Gasteiger partial charge in [-0.25, -0.2) is 0 Å². The second kappa shape index (κ2) is 7.92. The van der Waals surface area contributed by atoms with Gasteiger partial charge in [0, 0.05) is 11.1 Å². The number of ether oxygens (including phenoxy) is 2. The Morgan fingerprint density at radius 3 is 2.71 bits per heavy atom. The number of nitrogens with one attached hydrogen (secondary N) is 1. The zero-order valence-corrected chi connectivity index (χ0v) is 16.7. The number of rotatable bonds is 5. The lowest BCUT2D eigenvalue weighted by molar-refractivity contribution is -0.123. The van der Waals surface area contributed by atoms with Gasteiger partial charge in [0.1, 0.15) is 18.1 Å². The van der Waals surface area contributed by atoms with E-state index >= 15 is 0 Å². The maximum Gasteiger partial charge on any atom is 0.265 e. The van der Waals surface area contributed by atoms with Crippen molar-refractivity contribution in [1.29, 1.82) is 0 Å². The number of anilines is 2. The van der Waals surface area contributed by atoms with Crippen LogP contribution in [0, 0.1) is 12.3 Å². The lowest BCUT2D eigenvalue weighted by Gasteiger charge is -2.30. The van der Waals surface area contributed by atoms with Crippen molar-refractivity contribution in [3.8, 4) is 11.5 Å². The van der Waals surface area contributed by atoms with Crippen LogP contribution in [0.2, 0.25) is 0 Å². The van der Waals surface area contributed by atoms with Crippen LogP contribution in [0.3, 0.4) is 0 Å². The summed E-state index contributed by atoms with van der Waals surface area (Å²) in [6, 6.07) is 13.1. The van der Waals surface area contributed by atoms with Gasteiger partial charge in [0.15, 0.2) is 6.61 Å². The predicted octanol–water partition coefficient (Wildman–Crippen LogP) is 3.78. The van der Waals surface area contributed by atoms with E-state index in [1.807, 2.05) is 52.0 Å². The summed E-state index contributed by atoms with van der Waals surface area (Å²) in [6.07, 6.45) is 0. The Hall–Kier alpha value is -3.02. The first-order chi connectivity index (χ1) is 13.2. The zero-order chi connectivity index (χ0) is 20.3. The number of fused-ring (bicyclic) bond motifs is 1. The maximum atomic E-state index is 12.4. The minimum Gasteiger partial charge on any atom is -0.492 e. The lowest BCUT2D eigenvalue weighted by Crippen LogP contribution is -2.41. The summed E-state index contributed by atoms with van der Waals surface area (Å²) < 4.78 is 11.3. The van der Waals surface area contributed by atoms with Crippen LogP contribution in [0.5, 0.6) is 11.5 Å².